The van der Waals surface area contributed by atoms with Gasteiger partial charge in [-0.15, -0.1) is 0 Å². The molecule has 1 rings (SSSR count). The van der Waals surface area contributed by atoms with Crippen LogP contribution in [-0.2, 0) is 9.59 Å². The van der Waals surface area contributed by atoms with Gasteiger partial charge in [0.2, 0.25) is 12.2 Å². The number of carbonyl (C=O) groups excluding carboxylic acids is 2. The zero-order chi connectivity index (χ0) is 11.5. The summed E-state index contributed by atoms with van der Waals surface area (Å²) in [4.78, 5) is 28.4. The molecule has 0 spiro atoms. The Balaban J connectivity index is 2.98. The lowest BCUT2D eigenvalue weighted by atomic mass is 9.69. The van der Waals surface area contributed by atoms with Crippen molar-refractivity contribution in [3.05, 3.63) is 0 Å². The summed E-state index contributed by atoms with van der Waals surface area (Å²) in [7, 11) is 0. The fraction of sp³-hybridized carbons (Fsp3) is 0.818. The number of isocyanates is 2. The van der Waals surface area contributed by atoms with E-state index < -0.39 is 11.1 Å². The minimum atomic E-state index is -0.436. The van der Waals surface area contributed by atoms with Crippen LogP contribution in [-0.4, -0.2) is 23.2 Å². The minimum absolute atomic E-state index is 0.392. The van der Waals surface area contributed by atoms with E-state index in [1.54, 1.807) is 12.2 Å². The average molecular weight is 208 g/mol. The van der Waals surface area contributed by atoms with Crippen LogP contribution in [0.4, 0.5) is 0 Å². The van der Waals surface area contributed by atoms with Crippen molar-refractivity contribution < 1.29 is 9.59 Å². The molecule has 1 saturated carbocycles. The Bertz CT molecular complexity index is 310. The van der Waals surface area contributed by atoms with E-state index in [0.29, 0.717) is 12.3 Å². The first kappa shape index (κ1) is 11.8. The molecule has 0 heterocycles. The molecule has 1 aliphatic rings. The summed E-state index contributed by atoms with van der Waals surface area (Å²) in [6.45, 7) is 5.90. The fourth-order valence-electron chi connectivity index (χ4n) is 2.93. The van der Waals surface area contributed by atoms with Crippen molar-refractivity contribution in [2.75, 3.05) is 0 Å². The van der Waals surface area contributed by atoms with E-state index in [2.05, 4.69) is 16.9 Å². The van der Waals surface area contributed by atoms with Gasteiger partial charge in [0.05, 0.1) is 11.1 Å². The van der Waals surface area contributed by atoms with E-state index in [-0.39, 0.29) is 0 Å². The van der Waals surface area contributed by atoms with Gasteiger partial charge in [0.1, 0.15) is 0 Å². The maximum atomic E-state index is 10.4. The maximum absolute atomic E-state index is 10.4. The van der Waals surface area contributed by atoms with E-state index in [9.17, 15) is 9.59 Å². The van der Waals surface area contributed by atoms with Crippen LogP contribution in [0.1, 0.15) is 40.0 Å². The van der Waals surface area contributed by atoms with Crippen LogP contribution in [0.15, 0.2) is 9.98 Å². The molecule has 82 valence electrons. The molecule has 0 aromatic rings. The second-order valence-electron chi connectivity index (χ2n) is 5.09. The number of rotatable bonds is 2. The Hall–Kier alpha value is -1.24. The highest BCUT2D eigenvalue weighted by Crippen LogP contribution is 2.42. The molecule has 1 fully saturated rings. The van der Waals surface area contributed by atoms with Gasteiger partial charge in [-0.3, -0.25) is 0 Å². The number of hydrogen-bond acceptors (Lipinski definition) is 4. The van der Waals surface area contributed by atoms with Crippen LogP contribution < -0.4 is 0 Å². The smallest absolute Gasteiger partial charge is 0.211 e. The van der Waals surface area contributed by atoms with Gasteiger partial charge in [-0.05, 0) is 39.0 Å². The number of aliphatic imine (C=N–C) groups is 2. The second-order valence-corrected chi connectivity index (χ2v) is 5.09. The number of hydrogen-bond donors (Lipinski definition) is 0. The van der Waals surface area contributed by atoms with Gasteiger partial charge in [-0.1, -0.05) is 6.92 Å². The topological polar surface area (TPSA) is 58.9 Å². The molecule has 4 heteroatoms. The highest BCUT2D eigenvalue weighted by molar-refractivity contribution is 5.37. The molecule has 0 aromatic heterocycles. The Morgan fingerprint density at radius 3 is 1.80 bits per heavy atom. The third kappa shape index (κ3) is 2.85. The van der Waals surface area contributed by atoms with Gasteiger partial charge in [0.15, 0.2) is 0 Å². The van der Waals surface area contributed by atoms with Crippen molar-refractivity contribution in [1.82, 2.24) is 0 Å². The molecule has 0 saturated heterocycles. The van der Waals surface area contributed by atoms with Crippen LogP contribution in [0.5, 0.6) is 0 Å². The van der Waals surface area contributed by atoms with Gasteiger partial charge in [0, 0.05) is 0 Å². The standard InChI is InChI=1S/C11H16N2O2/c1-9-4-10(2,12-7-14)6-11(3,5-9)13-8-15/h9H,4-6H2,1-3H3. The molecule has 2 atom stereocenters. The third-order valence-electron chi connectivity index (χ3n) is 2.97. The van der Waals surface area contributed by atoms with Crippen LogP contribution in [0.25, 0.3) is 0 Å². The van der Waals surface area contributed by atoms with E-state index in [1.807, 2.05) is 13.8 Å². The summed E-state index contributed by atoms with van der Waals surface area (Å²) in [6.07, 6.45) is 5.51. The molecule has 0 aromatic carbocycles. The van der Waals surface area contributed by atoms with Crippen molar-refractivity contribution in [2.45, 2.75) is 51.1 Å². The normalized spacial score (nSPS) is 40.1. The molecule has 0 radical (unpaired) electrons. The first-order chi connectivity index (χ1) is 6.93. The Morgan fingerprint density at radius 2 is 1.47 bits per heavy atom. The molecule has 0 N–H and O–H groups in total. The molecular weight excluding hydrogens is 192 g/mol. The summed E-state index contributed by atoms with van der Waals surface area (Å²) in [6, 6.07) is 0. The predicted molar refractivity (Wildman–Crippen MR) is 56.1 cm³/mol. The monoisotopic (exact) mass is 208 g/mol. The maximum Gasteiger partial charge on any atom is 0.235 e. The summed E-state index contributed by atoms with van der Waals surface area (Å²) in [5.74, 6) is 0.392. The highest BCUT2D eigenvalue weighted by Gasteiger charge is 2.42. The van der Waals surface area contributed by atoms with Crippen LogP contribution >= 0.6 is 0 Å². The van der Waals surface area contributed by atoms with E-state index in [0.717, 1.165) is 12.8 Å². The molecule has 0 bridgehead atoms. The third-order valence-corrected chi connectivity index (χ3v) is 2.97. The van der Waals surface area contributed by atoms with E-state index in [4.69, 9.17) is 0 Å². The van der Waals surface area contributed by atoms with Gasteiger partial charge < -0.3 is 0 Å². The van der Waals surface area contributed by atoms with E-state index >= 15 is 0 Å². The summed E-state index contributed by atoms with van der Waals surface area (Å²) in [5, 5.41) is 0. The molecule has 1 aliphatic carbocycles. The van der Waals surface area contributed by atoms with Crippen molar-refractivity contribution in [3.63, 3.8) is 0 Å². The lowest BCUT2D eigenvalue weighted by Gasteiger charge is -2.41. The van der Waals surface area contributed by atoms with Crippen molar-refractivity contribution in [3.8, 4) is 0 Å². The molecule has 0 aliphatic heterocycles. The SMILES string of the molecule is CC1CC(C)(N=C=O)CC(C)(N=C=O)C1. The minimum Gasteiger partial charge on any atom is -0.211 e. The van der Waals surface area contributed by atoms with Gasteiger partial charge in [-0.25, -0.2) is 9.59 Å². The van der Waals surface area contributed by atoms with Crippen LogP contribution in [0.2, 0.25) is 0 Å². The largest absolute Gasteiger partial charge is 0.235 e. The van der Waals surface area contributed by atoms with Crippen molar-refractivity contribution >= 4 is 12.2 Å². The summed E-state index contributed by atoms with van der Waals surface area (Å²) >= 11 is 0. The predicted octanol–water partition coefficient (Wildman–Crippen LogP) is 2.00. The fourth-order valence-corrected chi connectivity index (χ4v) is 2.93. The number of nitrogens with zero attached hydrogens (tertiary/aromatic N) is 2. The molecule has 2 unspecified atom stereocenters. The molecule has 15 heavy (non-hydrogen) atoms. The molecule has 4 nitrogen and oxygen atoms in total. The second kappa shape index (κ2) is 4.09. The van der Waals surface area contributed by atoms with Crippen LogP contribution in [0.3, 0.4) is 0 Å². The Kier molecular flexibility index (Phi) is 3.23. The molecular formula is C11H16N2O2. The zero-order valence-electron chi connectivity index (χ0n) is 9.41. The Morgan fingerprint density at radius 1 is 1.07 bits per heavy atom. The van der Waals surface area contributed by atoms with Crippen molar-refractivity contribution in [2.24, 2.45) is 15.9 Å². The Labute approximate surface area is 89.5 Å². The lowest BCUT2D eigenvalue weighted by molar-refractivity contribution is 0.172. The zero-order valence-corrected chi connectivity index (χ0v) is 9.41. The summed E-state index contributed by atoms with van der Waals surface area (Å²) < 4.78 is 0. The first-order valence-electron chi connectivity index (χ1n) is 5.11. The molecule has 0 amide bonds. The first-order valence-corrected chi connectivity index (χ1v) is 5.11. The van der Waals surface area contributed by atoms with Gasteiger partial charge in [-0.2, -0.15) is 9.98 Å². The summed E-state index contributed by atoms with van der Waals surface area (Å²) in [5.41, 5.74) is -0.872. The quantitative estimate of drug-likeness (QED) is 0.514. The van der Waals surface area contributed by atoms with Crippen LogP contribution in [0, 0.1) is 5.92 Å². The van der Waals surface area contributed by atoms with Gasteiger partial charge in [0.25, 0.3) is 0 Å². The van der Waals surface area contributed by atoms with E-state index in [1.165, 1.54) is 0 Å². The highest BCUT2D eigenvalue weighted by atomic mass is 16.1. The van der Waals surface area contributed by atoms with Crippen molar-refractivity contribution in [1.29, 1.82) is 0 Å². The average Bonchev–Trinajstić information content (AvgIpc) is 1.99. The van der Waals surface area contributed by atoms with Gasteiger partial charge >= 0.3 is 0 Å². The lowest BCUT2D eigenvalue weighted by Crippen LogP contribution is -2.42.